The topological polar surface area (TPSA) is 20.2 Å². The summed E-state index contributed by atoms with van der Waals surface area (Å²) in [6, 6.07) is 13.4. The molecule has 2 aromatic carbocycles. The van der Waals surface area contributed by atoms with Gasteiger partial charge in [0.15, 0.2) is 0 Å². The maximum absolute atomic E-state index is 9.01. The van der Waals surface area contributed by atoms with Gasteiger partial charge in [0.2, 0.25) is 0 Å². The number of fused-ring (bicyclic) bond motifs is 3. The third-order valence-electron chi connectivity index (χ3n) is 6.21. The van der Waals surface area contributed by atoms with Crippen LogP contribution in [0.5, 0.6) is 0 Å². The minimum atomic E-state index is 0.139. The van der Waals surface area contributed by atoms with Crippen LogP contribution in [0, 0.1) is 17.8 Å². The number of aliphatic hydroxyl groups is 1. The Bertz CT molecular complexity index is 1170. The van der Waals surface area contributed by atoms with Crippen molar-refractivity contribution in [1.82, 2.24) is 0 Å². The third kappa shape index (κ3) is 4.40. The van der Waals surface area contributed by atoms with Gasteiger partial charge in [0, 0.05) is 23.5 Å². The standard InChI is InChI=1S/C28H30OS2/c1-18-17-30-25-15-14-22-11-8-9-13-24(22)28(25)26(18)27-19(2)20(3)31-21(4)23(27)12-7-5-6-10-16-29/h8-9,11,13-15,18,29H,7,10,12,16-17H2,1-4H3/b27-26+/t18-/m1/s1. The first kappa shape index (κ1) is 22.3. The zero-order chi connectivity index (χ0) is 22.0. The normalized spacial score (nSPS) is 21.3. The van der Waals surface area contributed by atoms with Crippen LogP contribution in [-0.2, 0) is 0 Å². The zero-order valence-electron chi connectivity index (χ0n) is 18.8. The van der Waals surface area contributed by atoms with E-state index in [2.05, 4.69) is 75.9 Å². The van der Waals surface area contributed by atoms with Crippen LogP contribution in [0.15, 0.2) is 67.8 Å². The van der Waals surface area contributed by atoms with Crippen molar-refractivity contribution < 1.29 is 5.11 Å². The molecular weight excluding hydrogens is 416 g/mol. The Kier molecular flexibility index (Phi) is 7.02. The maximum Gasteiger partial charge on any atom is 0.0540 e. The first-order valence-corrected chi connectivity index (χ1v) is 12.8. The molecule has 0 fully saturated rings. The summed E-state index contributed by atoms with van der Waals surface area (Å²) in [5.41, 5.74) is 7.29. The lowest BCUT2D eigenvalue weighted by molar-refractivity contribution is 0.305. The molecule has 1 nitrogen and oxygen atoms in total. The molecule has 0 unspecified atom stereocenters. The van der Waals surface area contributed by atoms with Crippen LogP contribution in [0.3, 0.4) is 0 Å². The van der Waals surface area contributed by atoms with Crippen molar-refractivity contribution in [2.75, 3.05) is 12.4 Å². The average Bonchev–Trinajstić information content (AvgIpc) is 2.77. The first-order valence-electron chi connectivity index (χ1n) is 11.0. The Morgan fingerprint density at radius 3 is 2.58 bits per heavy atom. The minimum Gasteiger partial charge on any atom is -0.395 e. The van der Waals surface area contributed by atoms with Crippen molar-refractivity contribution in [3.05, 3.63) is 68.5 Å². The third-order valence-corrected chi connectivity index (χ3v) is 8.69. The molecule has 0 aliphatic carbocycles. The lowest BCUT2D eigenvalue weighted by Crippen LogP contribution is -2.15. The number of hydrogen-bond donors (Lipinski definition) is 1. The number of hydrogen-bond acceptors (Lipinski definition) is 3. The van der Waals surface area contributed by atoms with Crippen LogP contribution >= 0.6 is 23.5 Å². The second-order valence-corrected chi connectivity index (χ2v) is 10.8. The van der Waals surface area contributed by atoms with E-state index in [4.69, 9.17) is 5.11 Å². The second-order valence-electron chi connectivity index (χ2n) is 8.31. The van der Waals surface area contributed by atoms with E-state index in [1.165, 1.54) is 53.3 Å². The quantitative estimate of drug-likeness (QED) is 0.485. The summed E-state index contributed by atoms with van der Waals surface area (Å²) in [5, 5.41) is 11.7. The maximum atomic E-state index is 9.01. The van der Waals surface area contributed by atoms with Gasteiger partial charge in [-0.15, -0.1) is 23.6 Å². The van der Waals surface area contributed by atoms with E-state index in [0.717, 1.165) is 18.6 Å². The van der Waals surface area contributed by atoms with Gasteiger partial charge in [0.1, 0.15) is 0 Å². The van der Waals surface area contributed by atoms with E-state index in [-0.39, 0.29) is 6.61 Å². The van der Waals surface area contributed by atoms with E-state index in [9.17, 15) is 0 Å². The highest BCUT2D eigenvalue weighted by Gasteiger charge is 2.30. The smallest absolute Gasteiger partial charge is 0.0540 e. The molecule has 1 atom stereocenters. The molecule has 1 N–H and O–H groups in total. The summed E-state index contributed by atoms with van der Waals surface area (Å²) in [5.74, 6) is 7.97. The van der Waals surface area contributed by atoms with Gasteiger partial charge in [-0.25, -0.2) is 0 Å². The Morgan fingerprint density at radius 1 is 1.00 bits per heavy atom. The van der Waals surface area contributed by atoms with Gasteiger partial charge in [0.05, 0.1) is 6.61 Å². The molecule has 0 radical (unpaired) electrons. The molecule has 4 rings (SSSR count). The number of aliphatic hydroxyl groups excluding tert-OH is 1. The predicted molar refractivity (Wildman–Crippen MR) is 138 cm³/mol. The average molecular weight is 447 g/mol. The molecule has 2 aliphatic heterocycles. The molecule has 0 saturated heterocycles. The lowest BCUT2D eigenvalue weighted by Gasteiger charge is -2.33. The highest BCUT2D eigenvalue weighted by atomic mass is 32.2. The molecule has 2 aliphatic rings. The Morgan fingerprint density at radius 2 is 1.77 bits per heavy atom. The van der Waals surface area contributed by atoms with E-state index in [1.807, 2.05) is 23.5 Å². The lowest BCUT2D eigenvalue weighted by atomic mass is 9.80. The van der Waals surface area contributed by atoms with Crippen molar-refractivity contribution in [3.63, 3.8) is 0 Å². The largest absolute Gasteiger partial charge is 0.395 e. The minimum absolute atomic E-state index is 0.139. The van der Waals surface area contributed by atoms with Crippen LogP contribution in [0.2, 0.25) is 0 Å². The Hall–Kier alpha value is -1.86. The number of rotatable bonds is 3. The summed E-state index contributed by atoms with van der Waals surface area (Å²) in [6.07, 6.45) is 2.36. The summed E-state index contributed by atoms with van der Waals surface area (Å²) in [6.45, 7) is 9.35. The predicted octanol–water partition coefficient (Wildman–Crippen LogP) is 7.82. The van der Waals surface area contributed by atoms with E-state index in [1.54, 1.807) is 0 Å². The van der Waals surface area contributed by atoms with Gasteiger partial charge in [-0.05, 0) is 87.6 Å². The van der Waals surface area contributed by atoms with Gasteiger partial charge in [0.25, 0.3) is 0 Å². The fraction of sp³-hybridized carbons (Fsp3) is 0.357. The highest BCUT2D eigenvalue weighted by molar-refractivity contribution is 8.06. The van der Waals surface area contributed by atoms with Gasteiger partial charge < -0.3 is 5.11 Å². The van der Waals surface area contributed by atoms with Crippen molar-refractivity contribution in [2.45, 2.75) is 51.9 Å². The summed E-state index contributed by atoms with van der Waals surface area (Å²) < 4.78 is 0. The van der Waals surface area contributed by atoms with Crippen molar-refractivity contribution in [3.8, 4) is 11.8 Å². The number of thioether (sulfide) groups is 2. The Balaban J connectivity index is 1.93. The molecule has 0 spiro atoms. The summed E-state index contributed by atoms with van der Waals surface area (Å²) in [4.78, 5) is 4.21. The van der Waals surface area contributed by atoms with Crippen LogP contribution in [0.4, 0.5) is 0 Å². The van der Waals surface area contributed by atoms with Crippen molar-refractivity contribution in [1.29, 1.82) is 0 Å². The molecule has 31 heavy (non-hydrogen) atoms. The monoisotopic (exact) mass is 446 g/mol. The zero-order valence-corrected chi connectivity index (χ0v) is 20.5. The van der Waals surface area contributed by atoms with E-state index in [0.29, 0.717) is 12.3 Å². The van der Waals surface area contributed by atoms with Crippen molar-refractivity contribution in [2.24, 2.45) is 5.92 Å². The fourth-order valence-corrected chi connectivity index (χ4v) is 6.76. The molecular formula is C28H30OS2. The van der Waals surface area contributed by atoms with Gasteiger partial charge >= 0.3 is 0 Å². The molecule has 0 aromatic heterocycles. The molecule has 0 bridgehead atoms. The van der Waals surface area contributed by atoms with Gasteiger partial charge in [-0.1, -0.05) is 49.0 Å². The second kappa shape index (κ2) is 9.74. The van der Waals surface area contributed by atoms with Crippen LogP contribution < -0.4 is 0 Å². The van der Waals surface area contributed by atoms with Gasteiger partial charge in [-0.3, -0.25) is 0 Å². The SMILES string of the molecule is CC1=C(C)/C(=C2\c3c(ccc4ccccc34)SC[C@H]2C)C(CCC#CCCO)=C(C)S1. The molecule has 3 heteroatoms. The number of benzene rings is 2. The highest BCUT2D eigenvalue weighted by Crippen LogP contribution is 2.51. The first-order chi connectivity index (χ1) is 15.0. The summed E-state index contributed by atoms with van der Waals surface area (Å²) in [7, 11) is 0. The van der Waals surface area contributed by atoms with Crippen LogP contribution in [-0.4, -0.2) is 17.5 Å². The van der Waals surface area contributed by atoms with Crippen LogP contribution in [0.1, 0.15) is 52.5 Å². The van der Waals surface area contributed by atoms with E-state index >= 15 is 0 Å². The Labute approximate surface area is 195 Å². The molecule has 2 aromatic rings. The summed E-state index contributed by atoms with van der Waals surface area (Å²) >= 11 is 3.90. The van der Waals surface area contributed by atoms with Crippen molar-refractivity contribution >= 4 is 39.9 Å². The molecule has 160 valence electrons. The molecule has 0 saturated carbocycles. The molecule has 0 amide bonds. The molecule has 2 heterocycles. The van der Waals surface area contributed by atoms with Crippen LogP contribution in [0.25, 0.3) is 16.3 Å². The number of allylic oxidation sites excluding steroid dienone is 6. The van der Waals surface area contributed by atoms with Gasteiger partial charge in [-0.2, -0.15) is 0 Å². The fourth-order valence-electron chi connectivity index (χ4n) is 4.60. The van der Waals surface area contributed by atoms with E-state index < -0.39 is 0 Å².